The van der Waals surface area contributed by atoms with Crippen molar-refractivity contribution in [2.24, 2.45) is 5.92 Å². The number of methoxy groups -OCH3 is 1. The minimum absolute atomic E-state index is 0.0973. The van der Waals surface area contributed by atoms with Gasteiger partial charge < -0.3 is 14.2 Å². The fourth-order valence-electron chi connectivity index (χ4n) is 1.98. The molecule has 0 radical (unpaired) electrons. The summed E-state index contributed by atoms with van der Waals surface area (Å²) in [5.41, 5.74) is 0. The highest BCUT2D eigenvalue weighted by Crippen LogP contribution is 2.30. The molecule has 0 aromatic heterocycles. The molecule has 1 aliphatic carbocycles. The first-order valence-corrected chi connectivity index (χ1v) is 7.75. The third kappa shape index (κ3) is 4.58. The van der Waals surface area contributed by atoms with Crippen LogP contribution in [0.5, 0.6) is 0 Å². The second-order valence-electron chi connectivity index (χ2n) is 4.74. The molecule has 1 N–H and O–H groups in total. The Hall–Kier alpha value is -1.33. The zero-order chi connectivity index (χ0) is 17.0. The van der Waals surface area contributed by atoms with Crippen LogP contribution in [0.15, 0.2) is 0 Å². The third-order valence-corrected chi connectivity index (χ3v) is 3.98. The predicted octanol–water partition coefficient (Wildman–Crippen LogP) is 0.716. The molecule has 0 saturated heterocycles. The van der Waals surface area contributed by atoms with Crippen molar-refractivity contribution in [1.82, 2.24) is 0 Å². The van der Waals surface area contributed by atoms with Crippen molar-refractivity contribution in [2.75, 3.05) is 13.9 Å². The van der Waals surface area contributed by atoms with Crippen molar-refractivity contribution in [3.8, 4) is 0 Å². The van der Waals surface area contributed by atoms with E-state index in [2.05, 4.69) is 9.47 Å². The summed E-state index contributed by atoms with van der Waals surface area (Å²) in [6.07, 6.45) is -0.290. The zero-order valence-electron chi connectivity index (χ0n) is 11.7. The largest absolute Gasteiger partial charge is 0.465 e. The molecule has 11 heteroatoms. The van der Waals surface area contributed by atoms with Crippen molar-refractivity contribution < 1.29 is 45.6 Å². The van der Waals surface area contributed by atoms with E-state index in [1.54, 1.807) is 0 Å². The second-order valence-corrected chi connectivity index (χ2v) is 6.20. The van der Waals surface area contributed by atoms with E-state index in [0.29, 0.717) is 0 Å². The fraction of sp³-hybridized carbons (Fsp3) is 0.818. The predicted molar refractivity (Wildman–Crippen MR) is 66.3 cm³/mol. The molecule has 0 unspecified atom stereocenters. The van der Waals surface area contributed by atoms with Gasteiger partial charge in [-0.15, -0.1) is 0 Å². The van der Waals surface area contributed by atoms with Crippen molar-refractivity contribution in [2.45, 2.75) is 37.0 Å². The number of rotatable bonds is 6. The minimum Gasteiger partial charge on any atom is -0.457 e. The maximum absolute atomic E-state index is 13.0. The Labute approximate surface area is 125 Å². The summed E-state index contributed by atoms with van der Waals surface area (Å²) in [4.78, 5) is 22.7. The third-order valence-electron chi connectivity index (χ3n) is 3.16. The van der Waals surface area contributed by atoms with E-state index in [0.717, 1.165) is 0 Å². The van der Waals surface area contributed by atoms with Crippen LogP contribution >= 0.6 is 0 Å². The highest BCUT2D eigenvalue weighted by molar-refractivity contribution is 7.87. The lowest BCUT2D eigenvalue weighted by molar-refractivity contribution is -0.170. The molecule has 0 aliphatic heterocycles. The molecule has 1 rings (SSSR count). The Morgan fingerprint density at radius 2 is 1.77 bits per heavy atom. The highest BCUT2D eigenvalue weighted by atomic mass is 32.2. The molecule has 1 fully saturated rings. The van der Waals surface area contributed by atoms with E-state index in [-0.39, 0.29) is 32.5 Å². The van der Waals surface area contributed by atoms with Gasteiger partial charge in [0.15, 0.2) is 6.79 Å². The number of esters is 2. The quantitative estimate of drug-likeness (QED) is 0.425. The van der Waals surface area contributed by atoms with Gasteiger partial charge in [0.2, 0.25) is 0 Å². The molecule has 0 aromatic rings. The molecule has 0 spiro atoms. The number of halogens is 2. The summed E-state index contributed by atoms with van der Waals surface area (Å²) in [6.45, 7) is -0.200. The topological polar surface area (TPSA) is 116 Å². The SMILES string of the molecule is COCOC(=O)C1CCC(OC(=O)C(F)(F)S(=O)(=O)O)CC1. The molecular formula is C11H16F2O8S. The average molecular weight is 346 g/mol. The van der Waals surface area contributed by atoms with Crippen LogP contribution in [0.1, 0.15) is 25.7 Å². The molecule has 0 heterocycles. The summed E-state index contributed by atoms with van der Waals surface area (Å²) in [7, 11) is -4.54. The maximum Gasteiger partial charge on any atom is 0.465 e. The van der Waals surface area contributed by atoms with Crippen LogP contribution in [-0.2, 0) is 33.9 Å². The standard InChI is InChI=1S/C11H16F2O8S/c1-19-6-20-9(14)7-2-4-8(5-3-7)21-10(15)11(12,13)22(16,17)18/h7-8H,2-6H2,1H3,(H,16,17,18). The van der Waals surface area contributed by atoms with Crippen LogP contribution in [0.25, 0.3) is 0 Å². The summed E-state index contributed by atoms with van der Waals surface area (Å²) in [5.74, 6) is -3.30. The first-order valence-electron chi connectivity index (χ1n) is 6.31. The number of ether oxygens (including phenoxy) is 3. The van der Waals surface area contributed by atoms with Gasteiger partial charge in [-0.05, 0) is 25.7 Å². The van der Waals surface area contributed by atoms with Gasteiger partial charge in [0.05, 0.1) is 5.92 Å². The summed E-state index contributed by atoms with van der Waals surface area (Å²) in [5, 5.41) is -5.01. The molecule has 0 aromatic carbocycles. The maximum atomic E-state index is 13.0. The summed E-state index contributed by atoms with van der Waals surface area (Å²) < 4.78 is 68.9. The Kier molecular flexibility index (Phi) is 6.20. The molecular weight excluding hydrogens is 330 g/mol. The molecule has 1 saturated carbocycles. The van der Waals surface area contributed by atoms with Gasteiger partial charge in [-0.25, -0.2) is 4.79 Å². The van der Waals surface area contributed by atoms with Crippen molar-refractivity contribution >= 4 is 22.1 Å². The van der Waals surface area contributed by atoms with Crippen LogP contribution in [0.2, 0.25) is 0 Å². The van der Waals surface area contributed by atoms with Crippen LogP contribution in [0, 0.1) is 5.92 Å². The van der Waals surface area contributed by atoms with Gasteiger partial charge in [-0.3, -0.25) is 9.35 Å². The fourth-order valence-corrected chi connectivity index (χ4v) is 2.24. The number of carbonyl (C=O) groups is 2. The first kappa shape index (κ1) is 18.7. The Bertz CT molecular complexity index is 510. The normalized spacial score (nSPS) is 22.9. The molecule has 22 heavy (non-hydrogen) atoms. The number of carbonyl (C=O) groups excluding carboxylic acids is 2. The van der Waals surface area contributed by atoms with Crippen molar-refractivity contribution in [1.29, 1.82) is 0 Å². The number of hydrogen-bond donors (Lipinski definition) is 1. The van der Waals surface area contributed by atoms with Gasteiger partial charge in [-0.1, -0.05) is 0 Å². The smallest absolute Gasteiger partial charge is 0.457 e. The Balaban J connectivity index is 2.49. The van der Waals surface area contributed by atoms with Gasteiger partial charge in [0.1, 0.15) is 6.10 Å². The summed E-state index contributed by atoms with van der Waals surface area (Å²) >= 11 is 0. The van der Waals surface area contributed by atoms with Gasteiger partial charge in [0.25, 0.3) is 0 Å². The molecule has 128 valence electrons. The average Bonchev–Trinajstić information content (AvgIpc) is 2.44. The highest BCUT2D eigenvalue weighted by Gasteiger charge is 2.54. The van der Waals surface area contributed by atoms with Crippen molar-refractivity contribution in [3.05, 3.63) is 0 Å². The number of hydrogen-bond acceptors (Lipinski definition) is 7. The van der Waals surface area contributed by atoms with Gasteiger partial charge in [-0.2, -0.15) is 17.2 Å². The van der Waals surface area contributed by atoms with E-state index in [1.807, 2.05) is 0 Å². The van der Waals surface area contributed by atoms with Crippen LogP contribution in [0.4, 0.5) is 8.78 Å². The monoisotopic (exact) mass is 346 g/mol. The molecule has 1 aliphatic rings. The Morgan fingerprint density at radius 1 is 1.23 bits per heavy atom. The van der Waals surface area contributed by atoms with E-state index < -0.39 is 39.3 Å². The number of alkyl halides is 2. The molecule has 0 atom stereocenters. The van der Waals surface area contributed by atoms with E-state index in [1.165, 1.54) is 7.11 Å². The van der Waals surface area contributed by atoms with E-state index in [9.17, 15) is 26.8 Å². The lowest BCUT2D eigenvalue weighted by Gasteiger charge is -2.27. The van der Waals surface area contributed by atoms with Crippen LogP contribution in [-0.4, -0.2) is 50.2 Å². The van der Waals surface area contributed by atoms with Gasteiger partial charge in [0, 0.05) is 7.11 Å². The molecule has 0 bridgehead atoms. The molecule has 0 amide bonds. The van der Waals surface area contributed by atoms with Gasteiger partial charge >= 0.3 is 27.3 Å². The lowest BCUT2D eigenvalue weighted by Crippen LogP contribution is -2.41. The van der Waals surface area contributed by atoms with E-state index in [4.69, 9.17) is 9.29 Å². The summed E-state index contributed by atoms with van der Waals surface area (Å²) in [6, 6.07) is 0. The van der Waals surface area contributed by atoms with Crippen LogP contribution in [0.3, 0.4) is 0 Å². The van der Waals surface area contributed by atoms with E-state index >= 15 is 0 Å². The minimum atomic E-state index is -5.88. The zero-order valence-corrected chi connectivity index (χ0v) is 12.5. The van der Waals surface area contributed by atoms with Crippen LogP contribution < -0.4 is 0 Å². The first-order chi connectivity index (χ1) is 10.1. The lowest BCUT2D eigenvalue weighted by atomic mass is 9.87. The second kappa shape index (κ2) is 7.29. The molecule has 8 nitrogen and oxygen atoms in total. The Morgan fingerprint density at radius 3 is 2.23 bits per heavy atom. The van der Waals surface area contributed by atoms with Crippen molar-refractivity contribution in [3.63, 3.8) is 0 Å².